The molecule has 0 aromatic carbocycles. The minimum Gasteiger partial charge on any atom is -0.389 e. The van der Waals surface area contributed by atoms with Crippen LogP contribution in [0.4, 0.5) is 0 Å². The predicted molar refractivity (Wildman–Crippen MR) is 79.7 cm³/mol. The van der Waals surface area contributed by atoms with E-state index in [1.807, 2.05) is 11.3 Å². The highest BCUT2D eigenvalue weighted by molar-refractivity contribution is 7.10. The Balaban J connectivity index is 1.71. The Morgan fingerprint density at radius 1 is 1.47 bits per heavy atom. The van der Waals surface area contributed by atoms with Crippen LogP contribution in [0.5, 0.6) is 0 Å². The van der Waals surface area contributed by atoms with E-state index in [9.17, 15) is 5.11 Å². The summed E-state index contributed by atoms with van der Waals surface area (Å²) in [5, 5.41) is 15.6. The topological polar surface area (TPSA) is 41.5 Å². The van der Waals surface area contributed by atoms with E-state index in [0.717, 1.165) is 6.61 Å². The summed E-state index contributed by atoms with van der Waals surface area (Å²) < 4.78 is 5.46. The Morgan fingerprint density at radius 3 is 3.11 bits per heavy atom. The van der Waals surface area contributed by atoms with Gasteiger partial charge in [-0.05, 0) is 42.2 Å². The van der Waals surface area contributed by atoms with Crippen molar-refractivity contribution in [2.24, 2.45) is 5.92 Å². The SMILES string of the molecule is CC(C)COCC(O)CNC1CCCc2sccc21. The number of ether oxygens (including phenoxy) is 1. The van der Waals surface area contributed by atoms with Crippen LogP contribution in [0.25, 0.3) is 0 Å². The summed E-state index contributed by atoms with van der Waals surface area (Å²) in [5.74, 6) is 0.520. The number of fused-ring (bicyclic) bond motifs is 1. The van der Waals surface area contributed by atoms with Gasteiger partial charge in [-0.1, -0.05) is 13.8 Å². The zero-order chi connectivity index (χ0) is 13.7. The molecule has 0 saturated carbocycles. The first-order valence-corrected chi connectivity index (χ1v) is 8.10. The molecule has 0 aliphatic heterocycles. The standard InChI is InChI=1S/C15H25NO2S/c1-11(2)9-18-10-12(17)8-16-14-4-3-5-15-13(14)6-7-19-15/h6-7,11-12,14,16-17H,3-5,8-10H2,1-2H3. The molecule has 2 N–H and O–H groups in total. The van der Waals surface area contributed by atoms with E-state index in [-0.39, 0.29) is 0 Å². The molecular formula is C15H25NO2S. The minimum absolute atomic E-state index is 0.412. The third-order valence-electron chi connectivity index (χ3n) is 3.41. The summed E-state index contributed by atoms with van der Waals surface area (Å²) in [6.45, 7) is 5.98. The van der Waals surface area contributed by atoms with Crippen LogP contribution in [0.15, 0.2) is 11.4 Å². The van der Waals surface area contributed by atoms with Crippen molar-refractivity contribution in [3.8, 4) is 0 Å². The van der Waals surface area contributed by atoms with Gasteiger partial charge in [-0.3, -0.25) is 0 Å². The molecule has 0 fully saturated rings. The van der Waals surface area contributed by atoms with Crippen molar-refractivity contribution in [3.63, 3.8) is 0 Å². The van der Waals surface area contributed by atoms with E-state index in [0.29, 0.717) is 25.1 Å². The van der Waals surface area contributed by atoms with E-state index in [1.165, 1.54) is 29.7 Å². The maximum absolute atomic E-state index is 9.91. The van der Waals surface area contributed by atoms with Crippen molar-refractivity contribution >= 4 is 11.3 Å². The van der Waals surface area contributed by atoms with Crippen LogP contribution < -0.4 is 5.32 Å². The molecule has 1 aromatic rings. The van der Waals surface area contributed by atoms with Gasteiger partial charge in [0.15, 0.2) is 0 Å². The highest BCUT2D eigenvalue weighted by Gasteiger charge is 2.21. The molecule has 1 heterocycles. The highest BCUT2D eigenvalue weighted by Crippen LogP contribution is 2.33. The van der Waals surface area contributed by atoms with Crippen molar-refractivity contribution in [2.75, 3.05) is 19.8 Å². The zero-order valence-electron chi connectivity index (χ0n) is 11.9. The molecule has 4 heteroatoms. The maximum atomic E-state index is 9.91. The van der Waals surface area contributed by atoms with Gasteiger partial charge in [0, 0.05) is 24.1 Å². The first-order chi connectivity index (χ1) is 9.16. The van der Waals surface area contributed by atoms with Crippen LogP contribution in [0.3, 0.4) is 0 Å². The Kier molecular flexibility index (Phi) is 5.82. The summed E-state index contributed by atoms with van der Waals surface area (Å²) >= 11 is 1.85. The van der Waals surface area contributed by atoms with E-state index >= 15 is 0 Å². The summed E-state index contributed by atoms with van der Waals surface area (Å²) in [7, 11) is 0. The quantitative estimate of drug-likeness (QED) is 0.808. The summed E-state index contributed by atoms with van der Waals surface area (Å²) in [4.78, 5) is 1.51. The molecule has 0 radical (unpaired) electrons. The van der Waals surface area contributed by atoms with Gasteiger partial charge >= 0.3 is 0 Å². The first kappa shape index (κ1) is 15.0. The smallest absolute Gasteiger partial charge is 0.0897 e. The Labute approximate surface area is 120 Å². The molecular weight excluding hydrogens is 258 g/mol. The van der Waals surface area contributed by atoms with Crippen molar-refractivity contribution < 1.29 is 9.84 Å². The number of hydrogen-bond acceptors (Lipinski definition) is 4. The molecule has 1 aromatic heterocycles. The zero-order valence-corrected chi connectivity index (χ0v) is 12.7. The van der Waals surface area contributed by atoms with Gasteiger partial charge < -0.3 is 15.2 Å². The number of rotatable bonds is 7. The molecule has 0 saturated heterocycles. The lowest BCUT2D eigenvalue weighted by molar-refractivity contribution is 0.0247. The third-order valence-corrected chi connectivity index (χ3v) is 4.41. The lowest BCUT2D eigenvalue weighted by Crippen LogP contribution is -2.34. The largest absolute Gasteiger partial charge is 0.389 e. The number of hydrogen-bond donors (Lipinski definition) is 2. The average molecular weight is 283 g/mol. The second-order valence-electron chi connectivity index (χ2n) is 5.74. The van der Waals surface area contributed by atoms with E-state index in [2.05, 4.69) is 30.6 Å². The van der Waals surface area contributed by atoms with Gasteiger partial charge in [0.1, 0.15) is 0 Å². The van der Waals surface area contributed by atoms with Gasteiger partial charge in [-0.2, -0.15) is 0 Å². The maximum Gasteiger partial charge on any atom is 0.0897 e. The van der Waals surface area contributed by atoms with Crippen LogP contribution in [0.1, 0.15) is 43.2 Å². The Bertz CT molecular complexity index is 378. The molecule has 0 amide bonds. The lowest BCUT2D eigenvalue weighted by Gasteiger charge is -2.25. The first-order valence-electron chi connectivity index (χ1n) is 7.22. The van der Waals surface area contributed by atoms with Crippen LogP contribution >= 0.6 is 11.3 Å². The van der Waals surface area contributed by atoms with Crippen molar-refractivity contribution in [1.29, 1.82) is 0 Å². The van der Waals surface area contributed by atoms with E-state index < -0.39 is 6.10 Å². The monoisotopic (exact) mass is 283 g/mol. The summed E-state index contributed by atoms with van der Waals surface area (Å²) in [5.41, 5.74) is 1.44. The number of aliphatic hydroxyl groups excluding tert-OH is 1. The van der Waals surface area contributed by atoms with Crippen LogP contribution in [0, 0.1) is 5.92 Å². The number of nitrogens with one attached hydrogen (secondary N) is 1. The van der Waals surface area contributed by atoms with Crippen LogP contribution in [-0.4, -0.2) is 31.0 Å². The van der Waals surface area contributed by atoms with Crippen molar-refractivity contribution in [2.45, 2.75) is 45.3 Å². The molecule has 19 heavy (non-hydrogen) atoms. The summed E-state index contributed by atoms with van der Waals surface area (Å²) in [6.07, 6.45) is 3.21. The van der Waals surface area contributed by atoms with Gasteiger partial charge in [0.25, 0.3) is 0 Å². The third kappa shape index (κ3) is 4.56. The van der Waals surface area contributed by atoms with E-state index in [1.54, 1.807) is 0 Å². The molecule has 108 valence electrons. The van der Waals surface area contributed by atoms with Gasteiger partial charge in [-0.25, -0.2) is 0 Å². The van der Waals surface area contributed by atoms with Crippen molar-refractivity contribution in [3.05, 3.63) is 21.9 Å². The van der Waals surface area contributed by atoms with Crippen molar-refractivity contribution in [1.82, 2.24) is 5.32 Å². The molecule has 0 bridgehead atoms. The normalized spacial score (nSPS) is 20.5. The molecule has 3 nitrogen and oxygen atoms in total. The molecule has 2 rings (SSSR count). The molecule has 0 spiro atoms. The minimum atomic E-state index is -0.414. The highest BCUT2D eigenvalue weighted by atomic mass is 32.1. The molecule has 1 aliphatic carbocycles. The number of aryl methyl sites for hydroxylation is 1. The molecule has 2 unspecified atom stereocenters. The van der Waals surface area contributed by atoms with E-state index in [4.69, 9.17) is 4.74 Å². The Morgan fingerprint density at radius 2 is 2.32 bits per heavy atom. The van der Waals surface area contributed by atoms with Gasteiger partial charge in [0.05, 0.1) is 12.7 Å². The average Bonchev–Trinajstić information content (AvgIpc) is 2.84. The fraction of sp³-hybridized carbons (Fsp3) is 0.733. The fourth-order valence-corrected chi connectivity index (χ4v) is 3.46. The second kappa shape index (κ2) is 7.39. The van der Waals surface area contributed by atoms with Gasteiger partial charge in [-0.15, -0.1) is 11.3 Å². The number of aliphatic hydroxyl groups is 1. The fourth-order valence-electron chi connectivity index (χ4n) is 2.48. The van der Waals surface area contributed by atoms with Crippen LogP contribution in [0.2, 0.25) is 0 Å². The second-order valence-corrected chi connectivity index (χ2v) is 6.74. The predicted octanol–water partition coefficient (Wildman–Crippen LogP) is 2.75. The Hall–Kier alpha value is -0.420. The molecule has 2 atom stereocenters. The molecule has 1 aliphatic rings. The summed E-state index contributed by atoms with van der Waals surface area (Å²) in [6, 6.07) is 2.63. The lowest BCUT2D eigenvalue weighted by atomic mass is 9.94. The number of thiophene rings is 1. The van der Waals surface area contributed by atoms with Gasteiger partial charge in [0.2, 0.25) is 0 Å². The van der Waals surface area contributed by atoms with Crippen LogP contribution in [-0.2, 0) is 11.2 Å².